The number of alkyl halides is 3. The minimum atomic E-state index is -4.63. The van der Waals surface area contributed by atoms with Crippen LogP contribution in [0, 0.1) is 0 Å². The molecule has 3 aromatic rings. The smallest absolute Gasteiger partial charge is 0.239 e. The number of thiazole rings is 1. The van der Waals surface area contributed by atoms with Crippen LogP contribution >= 0.6 is 46.3 Å². The summed E-state index contributed by atoms with van der Waals surface area (Å²) in [4.78, 5) is 11.6. The van der Waals surface area contributed by atoms with Crippen molar-refractivity contribution in [1.29, 1.82) is 0 Å². The van der Waals surface area contributed by atoms with E-state index in [9.17, 15) is 13.2 Å². The molecule has 1 aromatic carbocycles. The van der Waals surface area contributed by atoms with E-state index in [1.807, 2.05) is 0 Å². The Morgan fingerprint density at radius 3 is 2.23 bits per heavy atom. The molecule has 0 saturated carbocycles. The fourth-order valence-corrected chi connectivity index (χ4v) is 3.59. The van der Waals surface area contributed by atoms with Gasteiger partial charge in [0.05, 0.1) is 21.1 Å². The lowest BCUT2D eigenvalue weighted by atomic mass is 10.3. The summed E-state index contributed by atoms with van der Waals surface area (Å²) in [5, 5.41) is 1.72. The molecule has 2 aromatic heterocycles. The second-order valence-electron chi connectivity index (χ2n) is 4.03. The fourth-order valence-electron chi connectivity index (χ4n) is 1.63. The van der Waals surface area contributed by atoms with Crippen LogP contribution in [0.2, 0.25) is 10.0 Å². The summed E-state index contributed by atoms with van der Waals surface area (Å²) in [6.45, 7) is 0. The molecule has 2 heterocycles. The van der Waals surface area contributed by atoms with Gasteiger partial charge in [-0.2, -0.15) is 13.2 Å². The van der Waals surface area contributed by atoms with Gasteiger partial charge in [-0.3, -0.25) is 0 Å². The zero-order valence-electron chi connectivity index (χ0n) is 10.4. The van der Waals surface area contributed by atoms with Crippen molar-refractivity contribution >= 4 is 57.3 Å². The molecule has 0 aliphatic heterocycles. The van der Waals surface area contributed by atoms with Gasteiger partial charge >= 0.3 is 6.18 Å². The molecule has 0 amide bonds. The van der Waals surface area contributed by atoms with Crippen molar-refractivity contribution in [3.63, 3.8) is 0 Å². The minimum Gasteiger partial charge on any atom is -0.239 e. The Morgan fingerprint density at radius 1 is 1.05 bits per heavy atom. The summed E-state index contributed by atoms with van der Waals surface area (Å²) < 4.78 is 40.0. The lowest BCUT2D eigenvalue weighted by Gasteiger charge is -2.11. The molecule has 0 spiro atoms. The van der Waals surface area contributed by atoms with Gasteiger partial charge in [-0.05, 0) is 23.9 Å². The van der Waals surface area contributed by atoms with E-state index in [1.165, 1.54) is 29.7 Å². The normalized spacial score (nSPS) is 12.0. The van der Waals surface area contributed by atoms with Crippen molar-refractivity contribution in [1.82, 2.24) is 15.0 Å². The van der Waals surface area contributed by atoms with E-state index in [1.54, 1.807) is 5.38 Å². The van der Waals surface area contributed by atoms with Gasteiger partial charge in [-0.1, -0.05) is 23.2 Å². The highest BCUT2D eigenvalue weighted by atomic mass is 35.5. The van der Waals surface area contributed by atoms with Gasteiger partial charge in [0.25, 0.3) is 0 Å². The molecule has 0 saturated heterocycles. The molecule has 0 bridgehead atoms. The molecule has 114 valence electrons. The van der Waals surface area contributed by atoms with Crippen molar-refractivity contribution in [3.8, 4) is 0 Å². The minimum absolute atomic E-state index is 0.0326. The summed E-state index contributed by atoms with van der Waals surface area (Å²) >= 11 is 13.7. The van der Waals surface area contributed by atoms with E-state index in [0.29, 0.717) is 4.34 Å². The Labute approximate surface area is 140 Å². The molecule has 0 atom stereocenters. The van der Waals surface area contributed by atoms with Gasteiger partial charge < -0.3 is 0 Å². The van der Waals surface area contributed by atoms with E-state index < -0.39 is 11.9 Å². The number of rotatable bonds is 2. The third kappa shape index (κ3) is 3.15. The SMILES string of the molecule is FC(F)(F)c1nc2cc(Cl)c(Cl)cc2nc1Sc1nccs1. The maximum atomic E-state index is 13.2. The van der Waals surface area contributed by atoms with Crippen LogP contribution in [0.1, 0.15) is 5.69 Å². The van der Waals surface area contributed by atoms with Crippen LogP contribution in [0.15, 0.2) is 33.1 Å². The summed E-state index contributed by atoms with van der Waals surface area (Å²) in [6, 6.07) is 2.65. The molecule has 0 fully saturated rings. The Bertz CT molecular complexity index is 838. The van der Waals surface area contributed by atoms with Crippen LogP contribution in [0.25, 0.3) is 11.0 Å². The number of fused-ring (bicyclic) bond motifs is 1. The van der Waals surface area contributed by atoms with Gasteiger partial charge in [0.2, 0.25) is 0 Å². The van der Waals surface area contributed by atoms with Crippen molar-refractivity contribution in [2.75, 3.05) is 0 Å². The topological polar surface area (TPSA) is 38.7 Å². The third-order valence-electron chi connectivity index (χ3n) is 2.54. The maximum Gasteiger partial charge on any atom is 0.436 e. The van der Waals surface area contributed by atoms with Gasteiger partial charge in [-0.15, -0.1) is 11.3 Å². The van der Waals surface area contributed by atoms with Crippen LogP contribution < -0.4 is 0 Å². The lowest BCUT2D eigenvalue weighted by Crippen LogP contribution is -2.11. The van der Waals surface area contributed by atoms with Crippen LogP contribution in [0.5, 0.6) is 0 Å². The summed E-state index contributed by atoms with van der Waals surface area (Å²) in [5.41, 5.74) is -0.801. The number of aromatic nitrogens is 3. The molecule has 0 aliphatic rings. The number of hydrogen-bond donors (Lipinski definition) is 0. The fraction of sp³-hybridized carbons (Fsp3) is 0.0833. The van der Waals surface area contributed by atoms with E-state index in [4.69, 9.17) is 23.2 Å². The van der Waals surface area contributed by atoms with E-state index in [2.05, 4.69) is 15.0 Å². The molecule has 0 N–H and O–H groups in total. The highest BCUT2D eigenvalue weighted by Crippen LogP contribution is 2.39. The average molecular weight is 382 g/mol. The number of nitrogens with zero attached hydrogens (tertiary/aromatic N) is 3. The quantitative estimate of drug-likeness (QED) is 0.582. The van der Waals surface area contributed by atoms with Gasteiger partial charge in [0.15, 0.2) is 10.0 Å². The van der Waals surface area contributed by atoms with Gasteiger partial charge in [-0.25, -0.2) is 15.0 Å². The Morgan fingerprint density at radius 2 is 1.68 bits per heavy atom. The second kappa shape index (κ2) is 5.84. The summed E-state index contributed by atoms with van der Waals surface area (Å²) in [6.07, 6.45) is -3.13. The zero-order valence-corrected chi connectivity index (χ0v) is 13.5. The van der Waals surface area contributed by atoms with E-state index in [-0.39, 0.29) is 26.1 Å². The molecule has 3 rings (SSSR count). The molecule has 0 unspecified atom stereocenters. The van der Waals surface area contributed by atoms with Crippen LogP contribution in [-0.4, -0.2) is 15.0 Å². The Hall–Kier alpha value is -1.09. The largest absolute Gasteiger partial charge is 0.436 e. The average Bonchev–Trinajstić information content (AvgIpc) is 2.91. The van der Waals surface area contributed by atoms with E-state index >= 15 is 0 Å². The second-order valence-corrected chi connectivity index (χ2v) is 6.98. The predicted molar refractivity (Wildman–Crippen MR) is 80.8 cm³/mol. The molecule has 3 nitrogen and oxygen atoms in total. The number of halogens is 5. The predicted octanol–water partition coefficient (Wildman–Crippen LogP) is 5.56. The van der Waals surface area contributed by atoms with Crippen molar-refractivity contribution < 1.29 is 13.2 Å². The number of benzene rings is 1. The van der Waals surface area contributed by atoms with Crippen LogP contribution in [0.4, 0.5) is 13.2 Å². The van der Waals surface area contributed by atoms with Gasteiger partial charge in [0, 0.05) is 11.6 Å². The molecule has 0 radical (unpaired) electrons. The lowest BCUT2D eigenvalue weighted by molar-refractivity contribution is -0.143. The van der Waals surface area contributed by atoms with Crippen LogP contribution in [0.3, 0.4) is 0 Å². The van der Waals surface area contributed by atoms with Crippen molar-refractivity contribution in [2.24, 2.45) is 0 Å². The summed E-state index contributed by atoms with van der Waals surface area (Å²) in [5.74, 6) is 0. The summed E-state index contributed by atoms with van der Waals surface area (Å²) in [7, 11) is 0. The molecular formula is C12H4Cl2F3N3S2. The number of hydrogen-bond acceptors (Lipinski definition) is 5. The van der Waals surface area contributed by atoms with Gasteiger partial charge in [0.1, 0.15) is 5.03 Å². The Balaban J connectivity index is 2.21. The van der Waals surface area contributed by atoms with Crippen molar-refractivity contribution in [2.45, 2.75) is 15.5 Å². The molecule has 10 heteroatoms. The van der Waals surface area contributed by atoms with E-state index in [0.717, 1.165) is 11.8 Å². The molecule has 0 aliphatic carbocycles. The highest BCUT2D eigenvalue weighted by Gasteiger charge is 2.37. The standard InChI is InChI=1S/C12H4Cl2F3N3S2/c13-5-3-7-8(4-6(5)14)20-10(9(19-7)12(15,16)17)22-11-18-1-2-21-11/h1-4H. The third-order valence-corrected chi connectivity index (χ3v) is 5.12. The maximum absolute atomic E-state index is 13.2. The monoisotopic (exact) mass is 381 g/mol. The first-order valence-electron chi connectivity index (χ1n) is 5.66. The van der Waals surface area contributed by atoms with Crippen LogP contribution in [-0.2, 0) is 6.18 Å². The molecule has 22 heavy (non-hydrogen) atoms. The highest BCUT2D eigenvalue weighted by molar-refractivity contribution is 8.01. The van der Waals surface area contributed by atoms with Crippen molar-refractivity contribution in [3.05, 3.63) is 39.4 Å². The first-order valence-corrected chi connectivity index (χ1v) is 8.11. The first-order chi connectivity index (χ1) is 10.3. The molecular weight excluding hydrogens is 378 g/mol. The zero-order chi connectivity index (χ0) is 15.9. The Kier molecular flexibility index (Phi) is 4.19. The first kappa shape index (κ1) is 15.8.